The van der Waals surface area contributed by atoms with Crippen molar-refractivity contribution in [3.63, 3.8) is 0 Å². The van der Waals surface area contributed by atoms with Crippen molar-refractivity contribution < 1.29 is 5.11 Å². The van der Waals surface area contributed by atoms with Crippen LogP contribution in [0.4, 0.5) is 0 Å². The molecule has 0 fully saturated rings. The average molecular weight is 193 g/mol. The Morgan fingerprint density at radius 1 is 1.43 bits per heavy atom. The molecule has 1 rings (SSSR count). The molecule has 0 bridgehead atoms. The van der Waals surface area contributed by atoms with E-state index >= 15 is 0 Å². The zero-order chi connectivity index (χ0) is 10.8. The first-order chi connectivity index (χ1) is 6.46. The number of rotatable bonds is 2. The maximum Gasteiger partial charge on any atom is 0.101 e. The first-order valence-corrected chi connectivity index (χ1v) is 5.08. The van der Waals surface area contributed by atoms with Crippen molar-refractivity contribution in [1.82, 2.24) is 4.98 Å². The lowest BCUT2D eigenvalue weighted by Gasteiger charge is -2.26. The molecule has 0 aromatic carbocycles. The number of hydrogen-bond donors (Lipinski definition) is 1. The number of hydrogen-bond acceptors (Lipinski definition) is 2. The summed E-state index contributed by atoms with van der Waals surface area (Å²) >= 11 is 0. The Kier molecular flexibility index (Phi) is 3.27. The van der Waals surface area contributed by atoms with Crippen LogP contribution in [0.1, 0.15) is 45.1 Å². The van der Waals surface area contributed by atoms with Gasteiger partial charge in [-0.3, -0.25) is 4.98 Å². The topological polar surface area (TPSA) is 33.1 Å². The summed E-state index contributed by atoms with van der Waals surface area (Å²) in [6.45, 7) is 8.14. The molecule has 0 saturated heterocycles. The predicted molar refractivity (Wildman–Crippen MR) is 58.0 cm³/mol. The lowest BCUT2D eigenvalue weighted by molar-refractivity contribution is 0.0581. The van der Waals surface area contributed by atoms with Gasteiger partial charge in [0.25, 0.3) is 0 Å². The van der Waals surface area contributed by atoms with E-state index in [0.717, 1.165) is 17.7 Å². The Morgan fingerprint density at radius 3 is 2.57 bits per heavy atom. The Morgan fingerprint density at radius 2 is 2.07 bits per heavy atom. The van der Waals surface area contributed by atoms with Gasteiger partial charge < -0.3 is 5.11 Å². The van der Waals surface area contributed by atoms with Crippen molar-refractivity contribution in [3.8, 4) is 0 Å². The van der Waals surface area contributed by atoms with E-state index in [1.807, 2.05) is 32.9 Å². The van der Waals surface area contributed by atoms with E-state index in [9.17, 15) is 5.11 Å². The maximum atomic E-state index is 10.1. The van der Waals surface area contributed by atoms with E-state index in [1.54, 1.807) is 6.20 Å². The highest BCUT2D eigenvalue weighted by molar-refractivity contribution is 5.22. The van der Waals surface area contributed by atoms with Crippen molar-refractivity contribution in [2.45, 2.75) is 40.2 Å². The summed E-state index contributed by atoms with van der Waals surface area (Å²) in [4.78, 5) is 4.27. The van der Waals surface area contributed by atoms with Crippen molar-refractivity contribution in [3.05, 3.63) is 29.6 Å². The summed E-state index contributed by atoms with van der Waals surface area (Å²) in [6.07, 6.45) is 2.17. The minimum Gasteiger partial charge on any atom is -0.386 e. The fourth-order valence-electron chi connectivity index (χ4n) is 1.41. The van der Waals surface area contributed by atoms with Gasteiger partial charge in [0.2, 0.25) is 0 Å². The second-order valence-electron chi connectivity index (χ2n) is 4.67. The van der Waals surface area contributed by atoms with Gasteiger partial charge in [0.15, 0.2) is 0 Å². The monoisotopic (exact) mass is 193 g/mol. The second-order valence-corrected chi connectivity index (χ2v) is 4.67. The molecule has 1 aromatic heterocycles. The van der Waals surface area contributed by atoms with Gasteiger partial charge >= 0.3 is 0 Å². The summed E-state index contributed by atoms with van der Waals surface area (Å²) in [6, 6.07) is 3.94. The molecule has 1 atom stereocenters. The van der Waals surface area contributed by atoms with Crippen molar-refractivity contribution in [1.29, 1.82) is 0 Å². The third kappa shape index (κ3) is 2.32. The van der Waals surface area contributed by atoms with Crippen molar-refractivity contribution in [2.24, 2.45) is 5.41 Å². The van der Waals surface area contributed by atoms with Gasteiger partial charge in [-0.15, -0.1) is 0 Å². The van der Waals surface area contributed by atoms with Crippen LogP contribution in [0.2, 0.25) is 0 Å². The molecule has 0 saturated carbocycles. The van der Waals surface area contributed by atoms with Crippen LogP contribution in [-0.4, -0.2) is 10.1 Å². The minimum atomic E-state index is -0.487. The molecule has 1 heterocycles. The van der Waals surface area contributed by atoms with Crippen LogP contribution in [-0.2, 0) is 6.42 Å². The normalized spacial score (nSPS) is 14.1. The Bertz CT molecular complexity index is 301. The van der Waals surface area contributed by atoms with Gasteiger partial charge in [0.1, 0.15) is 6.10 Å². The van der Waals surface area contributed by atoms with Crippen LogP contribution < -0.4 is 0 Å². The number of aromatic nitrogens is 1. The SMILES string of the molecule is CCc1cccnc1C(O)C(C)(C)C. The zero-order valence-electron chi connectivity index (χ0n) is 9.41. The molecule has 14 heavy (non-hydrogen) atoms. The van der Waals surface area contributed by atoms with Gasteiger partial charge in [-0.1, -0.05) is 33.8 Å². The lowest BCUT2D eigenvalue weighted by Crippen LogP contribution is -2.20. The first kappa shape index (κ1) is 11.2. The summed E-state index contributed by atoms with van der Waals surface area (Å²) in [7, 11) is 0. The highest BCUT2D eigenvalue weighted by Crippen LogP contribution is 2.32. The first-order valence-electron chi connectivity index (χ1n) is 5.08. The molecule has 1 aromatic rings. The van der Waals surface area contributed by atoms with Gasteiger partial charge in [-0.25, -0.2) is 0 Å². The minimum absolute atomic E-state index is 0.154. The van der Waals surface area contributed by atoms with E-state index < -0.39 is 6.10 Å². The smallest absolute Gasteiger partial charge is 0.101 e. The summed E-state index contributed by atoms with van der Waals surface area (Å²) in [5.41, 5.74) is 1.80. The van der Waals surface area contributed by atoms with Gasteiger partial charge in [-0.2, -0.15) is 0 Å². The van der Waals surface area contributed by atoms with Crippen LogP contribution in [0, 0.1) is 5.41 Å². The third-order valence-electron chi connectivity index (χ3n) is 2.39. The zero-order valence-corrected chi connectivity index (χ0v) is 9.41. The number of pyridine rings is 1. The number of aliphatic hydroxyl groups is 1. The molecule has 0 amide bonds. The standard InChI is InChI=1S/C12H19NO/c1-5-9-7-6-8-13-10(9)11(14)12(2,3)4/h6-8,11,14H,5H2,1-4H3. The average Bonchev–Trinajstić information content (AvgIpc) is 2.15. The molecule has 0 aliphatic heterocycles. The lowest BCUT2D eigenvalue weighted by atomic mass is 9.85. The Hall–Kier alpha value is -0.890. The molecular formula is C12H19NO. The van der Waals surface area contributed by atoms with Crippen LogP contribution in [0.15, 0.2) is 18.3 Å². The van der Waals surface area contributed by atoms with E-state index in [-0.39, 0.29) is 5.41 Å². The summed E-state index contributed by atoms with van der Waals surface area (Å²) < 4.78 is 0. The molecule has 78 valence electrons. The molecule has 0 radical (unpaired) electrons. The van der Waals surface area contributed by atoms with Gasteiger partial charge in [0, 0.05) is 6.20 Å². The van der Waals surface area contributed by atoms with Crippen molar-refractivity contribution in [2.75, 3.05) is 0 Å². The molecule has 1 unspecified atom stereocenters. The molecule has 0 aliphatic rings. The van der Waals surface area contributed by atoms with E-state index in [2.05, 4.69) is 11.9 Å². The van der Waals surface area contributed by atoms with Gasteiger partial charge in [0.05, 0.1) is 5.69 Å². The number of aliphatic hydroxyl groups excluding tert-OH is 1. The number of nitrogens with zero attached hydrogens (tertiary/aromatic N) is 1. The molecule has 1 N–H and O–H groups in total. The quantitative estimate of drug-likeness (QED) is 0.783. The van der Waals surface area contributed by atoms with Crippen LogP contribution >= 0.6 is 0 Å². The van der Waals surface area contributed by atoms with E-state index in [0.29, 0.717) is 0 Å². The van der Waals surface area contributed by atoms with Crippen molar-refractivity contribution >= 4 is 0 Å². The fourth-order valence-corrected chi connectivity index (χ4v) is 1.41. The Balaban J connectivity index is 3.06. The predicted octanol–water partition coefficient (Wildman–Crippen LogP) is 2.72. The highest BCUT2D eigenvalue weighted by atomic mass is 16.3. The molecule has 2 heteroatoms. The molecule has 2 nitrogen and oxygen atoms in total. The molecule has 0 spiro atoms. The number of aryl methyl sites for hydroxylation is 1. The Labute approximate surface area is 86.0 Å². The molecular weight excluding hydrogens is 174 g/mol. The summed E-state index contributed by atoms with van der Waals surface area (Å²) in [5.74, 6) is 0. The van der Waals surface area contributed by atoms with Crippen LogP contribution in [0.5, 0.6) is 0 Å². The molecule has 0 aliphatic carbocycles. The highest BCUT2D eigenvalue weighted by Gasteiger charge is 2.26. The largest absolute Gasteiger partial charge is 0.386 e. The second kappa shape index (κ2) is 4.09. The third-order valence-corrected chi connectivity index (χ3v) is 2.39. The summed E-state index contributed by atoms with van der Waals surface area (Å²) in [5, 5.41) is 10.1. The van der Waals surface area contributed by atoms with Gasteiger partial charge in [-0.05, 0) is 23.5 Å². The van der Waals surface area contributed by atoms with E-state index in [1.165, 1.54) is 0 Å². The van der Waals surface area contributed by atoms with Crippen LogP contribution in [0.3, 0.4) is 0 Å². The van der Waals surface area contributed by atoms with E-state index in [4.69, 9.17) is 0 Å². The maximum absolute atomic E-state index is 10.1. The fraction of sp³-hybridized carbons (Fsp3) is 0.583. The van der Waals surface area contributed by atoms with Crippen LogP contribution in [0.25, 0.3) is 0 Å².